The molecule has 96 valence electrons. The van der Waals surface area contributed by atoms with Gasteiger partial charge in [-0.1, -0.05) is 0 Å². The standard InChI is InChI=1S/C10H12N4O4/c1-5(9(16)17)14-4-11-7-6(14)8(15)13(3)10(18)12(7)2/h4-5H,1-3H3,(H,16,17). The van der Waals surface area contributed by atoms with Crippen LogP contribution >= 0.6 is 0 Å². The molecule has 0 aliphatic heterocycles. The average Bonchev–Trinajstić information content (AvgIpc) is 2.77. The van der Waals surface area contributed by atoms with Gasteiger partial charge in [0.05, 0.1) is 6.33 Å². The molecule has 0 bridgehead atoms. The van der Waals surface area contributed by atoms with Crippen LogP contribution in [0.4, 0.5) is 0 Å². The summed E-state index contributed by atoms with van der Waals surface area (Å²) in [6.45, 7) is 1.44. The summed E-state index contributed by atoms with van der Waals surface area (Å²) in [5.74, 6) is -1.08. The summed E-state index contributed by atoms with van der Waals surface area (Å²) in [4.78, 5) is 38.6. The number of aliphatic carboxylic acids is 1. The number of aryl methyl sites for hydroxylation is 1. The largest absolute Gasteiger partial charge is 0.480 e. The van der Waals surface area contributed by atoms with Crippen LogP contribution in [0.1, 0.15) is 13.0 Å². The lowest BCUT2D eigenvalue weighted by Gasteiger charge is -2.09. The third-order valence-corrected chi connectivity index (χ3v) is 2.95. The van der Waals surface area contributed by atoms with E-state index < -0.39 is 23.3 Å². The molecule has 2 aromatic heterocycles. The van der Waals surface area contributed by atoms with Gasteiger partial charge in [-0.2, -0.15) is 0 Å². The van der Waals surface area contributed by atoms with Crippen LogP contribution in [0.25, 0.3) is 11.2 Å². The predicted molar refractivity (Wildman–Crippen MR) is 62.6 cm³/mol. The lowest BCUT2D eigenvalue weighted by Crippen LogP contribution is -2.38. The fraction of sp³-hybridized carbons (Fsp3) is 0.400. The van der Waals surface area contributed by atoms with Crippen LogP contribution in [0, 0.1) is 0 Å². The van der Waals surface area contributed by atoms with E-state index in [9.17, 15) is 14.4 Å². The number of aromatic nitrogens is 4. The quantitative estimate of drug-likeness (QED) is 0.745. The highest BCUT2D eigenvalue weighted by molar-refractivity contribution is 5.76. The first kappa shape index (κ1) is 12.1. The number of rotatable bonds is 2. The van der Waals surface area contributed by atoms with Crippen molar-refractivity contribution in [3.05, 3.63) is 27.2 Å². The van der Waals surface area contributed by atoms with Gasteiger partial charge in [-0.05, 0) is 6.92 Å². The van der Waals surface area contributed by atoms with Gasteiger partial charge in [0.15, 0.2) is 11.2 Å². The minimum Gasteiger partial charge on any atom is -0.480 e. The van der Waals surface area contributed by atoms with Crippen molar-refractivity contribution in [3.8, 4) is 0 Å². The Balaban J connectivity index is 2.95. The average molecular weight is 252 g/mol. The topological polar surface area (TPSA) is 99.1 Å². The van der Waals surface area contributed by atoms with Crippen molar-refractivity contribution in [2.24, 2.45) is 14.1 Å². The third kappa shape index (κ3) is 1.45. The van der Waals surface area contributed by atoms with E-state index in [1.54, 1.807) is 0 Å². The summed E-state index contributed by atoms with van der Waals surface area (Å²) >= 11 is 0. The number of hydrogen-bond donors (Lipinski definition) is 1. The van der Waals surface area contributed by atoms with Crippen molar-refractivity contribution in [3.63, 3.8) is 0 Å². The van der Waals surface area contributed by atoms with Gasteiger partial charge in [0.1, 0.15) is 6.04 Å². The monoisotopic (exact) mass is 252 g/mol. The van der Waals surface area contributed by atoms with Crippen LogP contribution in [0.3, 0.4) is 0 Å². The minimum atomic E-state index is -1.08. The number of nitrogens with zero attached hydrogens (tertiary/aromatic N) is 4. The number of fused-ring (bicyclic) bond motifs is 1. The smallest absolute Gasteiger partial charge is 0.332 e. The van der Waals surface area contributed by atoms with Gasteiger partial charge in [-0.25, -0.2) is 14.6 Å². The molecule has 8 nitrogen and oxygen atoms in total. The van der Waals surface area contributed by atoms with Crippen molar-refractivity contribution in [1.29, 1.82) is 0 Å². The summed E-state index contributed by atoms with van der Waals surface area (Å²) in [7, 11) is 2.82. The Bertz CT molecular complexity index is 752. The van der Waals surface area contributed by atoms with Gasteiger partial charge in [-0.15, -0.1) is 0 Å². The van der Waals surface area contributed by atoms with Crippen molar-refractivity contribution in [2.75, 3.05) is 0 Å². The second-order valence-electron chi connectivity index (χ2n) is 4.04. The number of carbonyl (C=O) groups is 1. The molecule has 0 fully saturated rings. The Hall–Kier alpha value is -2.38. The SMILES string of the molecule is CC(C(=O)O)n1cnc2c1c(=O)n(C)c(=O)n2C. The van der Waals surface area contributed by atoms with E-state index in [1.807, 2.05) is 0 Å². The normalized spacial score (nSPS) is 12.8. The van der Waals surface area contributed by atoms with E-state index >= 15 is 0 Å². The summed E-state index contributed by atoms with van der Waals surface area (Å²) in [5.41, 5.74) is -0.773. The maximum atomic E-state index is 12.0. The maximum absolute atomic E-state index is 12.0. The lowest BCUT2D eigenvalue weighted by atomic mass is 10.3. The van der Waals surface area contributed by atoms with Crippen LogP contribution < -0.4 is 11.2 Å². The lowest BCUT2D eigenvalue weighted by molar-refractivity contribution is -0.140. The zero-order valence-electron chi connectivity index (χ0n) is 10.1. The molecule has 0 radical (unpaired) electrons. The number of carboxylic acids is 1. The fourth-order valence-electron chi connectivity index (χ4n) is 1.78. The first-order valence-corrected chi connectivity index (χ1v) is 5.21. The van der Waals surface area contributed by atoms with E-state index in [-0.39, 0.29) is 11.2 Å². The summed E-state index contributed by atoms with van der Waals surface area (Å²) in [6, 6.07) is -0.930. The van der Waals surface area contributed by atoms with E-state index in [4.69, 9.17) is 5.11 Å². The highest BCUT2D eigenvalue weighted by Gasteiger charge is 2.20. The first-order valence-electron chi connectivity index (χ1n) is 5.21. The maximum Gasteiger partial charge on any atom is 0.332 e. The second kappa shape index (κ2) is 3.83. The minimum absolute atomic E-state index is 0.106. The summed E-state index contributed by atoms with van der Waals surface area (Å²) in [5, 5.41) is 8.97. The van der Waals surface area contributed by atoms with E-state index in [0.717, 1.165) is 4.57 Å². The van der Waals surface area contributed by atoms with Gasteiger partial charge in [0.25, 0.3) is 5.56 Å². The molecule has 0 aromatic carbocycles. The van der Waals surface area contributed by atoms with Crippen LogP contribution in [-0.2, 0) is 18.9 Å². The van der Waals surface area contributed by atoms with Crippen molar-refractivity contribution in [1.82, 2.24) is 18.7 Å². The molecule has 0 saturated heterocycles. The van der Waals surface area contributed by atoms with Crippen molar-refractivity contribution in [2.45, 2.75) is 13.0 Å². The van der Waals surface area contributed by atoms with Gasteiger partial charge in [0, 0.05) is 14.1 Å². The van der Waals surface area contributed by atoms with Crippen LogP contribution in [0.15, 0.2) is 15.9 Å². The molecule has 2 aromatic rings. The molecule has 0 saturated carbocycles. The van der Waals surface area contributed by atoms with Crippen LogP contribution in [-0.4, -0.2) is 29.8 Å². The molecule has 0 amide bonds. The summed E-state index contributed by atoms with van der Waals surface area (Å²) < 4.78 is 3.39. The second-order valence-corrected chi connectivity index (χ2v) is 4.04. The Morgan fingerprint density at radius 2 is 1.94 bits per heavy atom. The first-order chi connectivity index (χ1) is 8.36. The van der Waals surface area contributed by atoms with Gasteiger partial charge in [-0.3, -0.25) is 13.9 Å². The van der Waals surface area contributed by atoms with Gasteiger partial charge >= 0.3 is 11.7 Å². The molecule has 0 aliphatic carbocycles. The van der Waals surface area contributed by atoms with Crippen LogP contribution in [0.2, 0.25) is 0 Å². The molecule has 1 atom stereocenters. The van der Waals surface area contributed by atoms with E-state index in [1.165, 1.54) is 36.5 Å². The van der Waals surface area contributed by atoms with E-state index in [0.29, 0.717) is 0 Å². The molecular formula is C10H12N4O4. The molecule has 0 aliphatic rings. The van der Waals surface area contributed by atoms with Gasteiger partial charge < -0.3 is 9.67 Å². The number of imidazole rings is 1. The van der Waals surface area contributed by atoms with Crippen molar-refractivity contribution >= 4 is 17.1 Å². The van der Waals surface area contributed by atoms with Crippen LogP contribution in [0.5, 0.6) is 0 Å². The third-order valence-electron chi connectivity index (χ3n) is 2.95. The Morgan fingerprint density at radius 3 is 2.50 bits per heavy atom. The number of hydrogen-bond acceptors (Lipinski definition) is 4. The molecule has 1 unspecified atom stereocenters. The highest BCUT2D eigenvalue weighted by Crippen LogP contribution is 2.12. The number of carboxylic acid groups (broad SMARTS) is 1. The molecule has 18 heavy (non-hydrogen) atoms. The molecule has 1 N–H and O–H groups in total. The zero-order chi connectivity index (χ0) is 13.6. The Morgan fingerprint density at radius 1 is 1.33 bits per heavy atom. The molecular weight excluding hydrogens is 240 g/mol. The molecule has 8 heteroatoms. The predicted octanol–water partition coefficient (Wildman–Crippen LogP) is -0.921. The highest BCUT2D eigenvalue weighted by atomic mass is 16.4. The van der Waals surface area contributed by atoms with E-state index in [2.05, 4.69) is 4.98 Å². The summed E-state index contributed by atoms with van der Waals surface area (Å²) in [6.07, 6.45) is 1.25. The molecule has 0 spiro atoms. The van der Waals surface area contributed by atoms with Gasteiger partial charge in [0.2, 0.25) is 0 Å². The molecule has 2 heterocycles. The Kier molecular flexibility index (Phi) is 2.57. The molecule has 2 rings (SSSR count). The zero-order valence-corrected chi connectivity index (χ0v) is 10.1. The van der Waals surface area contributed by atoms with Crippen molar-refractivity contribution < 1.29 is 9.90 Å². The fourth-order valence-corrected chi connectivity index (χ4v) is 1.78. The Labute approximate surface area is 101 Å².